The molecule has 0 heterocycles. The summed E-state index contributed by atoms with van der Waals surface area (Å²) in [6, 6.07) is 0. The van der Waals surface area contributed by atoms with Gasteiger partial charge in [-0.3, -0.25) is 37.3 Å². The van der Waals surface area contributed by atoms with Crippen LogP contribution in [-0.2, 0) is 65.4 Å². The van der Waals surface area contributed by atoms with Gasteiger partial charge in [-0.15, -0.1) is 0 Å². The van der Waals surface area contributed by atoms with E-state index in [0.29, 0.717) is 31.6 Å². The van der Waals surface area contributed by atoms with Crippen LogP contribution in [0.4, 0.5) is 0 Å². The Kier molecular flexibility index (Phi) is 63.7. The number of carbonyl (C=O) groups is 4. The Balaban J connectivity index is 5.21. The van der Waals surface area contributed by atoms with Crippen LogP contribution in [0.3, 0.4) is 0 Å². The Morgan fingerprint density at radius 3 is 0.739 bits per heavy atom. The van der Waals surface area contributed by atoms with Crippen LogP contribution in [-0.4, -0.2) is 96.7 Å². The molecule has 3 N–H and O–H groups in total. The van der Waals surface area contributed by atoms with Crippen molar-refractivity contribution in [3.63, 3.8) is 0 Å². The molecule has 0 saturated heterocycles. The van der Waals surface area contributed by atoms with E-state index < -0.39 is 97.5 Å². The van der Waals surface area contributed by atoms with Gasteiger partial charge in [0, 0.05) is 25.7 Å². The first-order valence-corrected chi connectivity index (χ1v) is 41.0. The van der Waals surface area contributed by atoms with Crippen LogP contribution in [0.2, 0.25) is 0 Å². The standard InChI is InChI=1S/C73H142O17P2/c1-7-9-11-13-15-17-19-21-22-23-24-25-26-27-29-33-38-46-52-58-73(78)89-68(61-83-70(75)55-49-43-36-34-30-31-35-41-47-53-65(3)4)63-87-91(79,80)85-59-67(74)60-86-92(81,82)88-64-69(62-84-71(76)56-50-44-40-39-42-48-54-66(5)6)90-72(77)57-51-45-37-32-28-20-18-16-14-12-10-8-2/h65-69,74H,7-64H2,1-6H3,(H,79,80)(H,81,82)/t67-,68-,69-/m1/s1. The number of esters is 4. The lowest BCUT2D eigenvalue weighted by Crippen LogP contribution is -2.30. The molecule has 0 fully saturated rings. The monoisotopic (exact) mass is 1350 g/mol. The highest BCUT2D eigenvalue weighted by Crippen LogP contribution is 2.45. The number of hydrogen-bond acceptors (Lipinski definition) is 15. The molecule has 546 valence electrons. The van der Waals surface area contributed by atoms with Crippen molar-refractivity contribution < 1.29 is 80.2 Å². The first-order valence-electron chi connectivity index (χ1n) is 38.0. The Morgan fingerprint density at radius 2 is 0.500 bits per heavy atom. The first-order chi connectivity index (χ1) is 44.4. The molecule has 0 aliphatic heterocycles. The highest BCUT2D eigenvalue weighted by atomic mass is 31.2. The Labute approximate surface area is 562 Å². The van der Waals surface area contributed by atoms with Crippen molar-refractivity contribution in [1.82, 2.24) is 0 Å². The zero-order valence-corrected chi connectivity index (χ0v) is 61.6. The minimum Gasteiger partial charge on any atom is -0.462 e. The third-order valence-corrected chi connectivity index (χ3v) is 18.9. The SMILES string of the molecule is CCCCCCCCCCCCCCCCCCCCCC(=O)O[C@H](COC(=O)CCCCCCCCCCCC(C)C)COP(=O)(O)OC[C@@H](O)COP(=O)(O)OC[C@@H](COC(=O)CCCCCCCCC(C)C)OC(=O)CCCCCCCCCCCCCC. The van der Waals surface area contributed by atoms with Crippen LogP contribution in [0, 0.1) is 11.8 Å². The van der Waals surface area contributed by atoms with Gasteiger partial charge in [0.15, 0.2) is 12.2 Å². The van der Waals surface area contributed by atoms with Crippen LogP contribution in [0.1, 0.15) is 375 Å². The van der Waals surface area contributed by atoms with E-state index in [-0.39, 0.29) is 25.7 Å². The summed E-state index contributed by atoms with van der Waals surface area (Å²) in [7, 11) is -9.90. The van der Waals surface area contributed by atoms with Crippen molar-refractivity contribution in [2.45, 2.75) is 394 Å². The van der Waals surface area contributed by atoms with Gasteiger partial charge < -0.3 is 33.8 Å². The molecule has 0 aliphatic carbocycles. The average molecular weight is 1350 g/mol. The lowest BCUT2D eigenvalue weighted by Gasteiger charge is -2.21. The van der Waals surface area contributed by atoms with Crippen LogP contribution in [0.5, 0.6) is 0 Å². The topological polar surface area (TPSA) is 237 Å². The summed E-state index contributed by atoms with van der Waals surface area (Å²) in [6.45, 7) is 9.47. The molecule has 17 nitrogen and oxygen atoms in total. The number of carbonyl (C=O) groups excluding carboxylic acids is 4. The maximum atomic E-state index is 13.0. The van der Waals surface area contributed by atoms with E-state index in [9.17, 15) is 43.2 Å². The second-order valence-corrected chi connectivity index (χ2v) is 30.2. The van der Waals surface area contributed by atoms with Gasteiger partial charge in [0.25, 0.3) is 0 Å². The van der Waals surface area contributed by atoms with E-state index >= 15 is 0 Å². The largest absolute Gasteiger partial charge is 0.472 e. The smallest absolute Gasteiger partial charge is 0.462 e. The molecular weight excluding hydrogens is 1210 g/mol. The third-order valence-electron chi connectivity index (χ3n) is 17.0. The number of unbranched alkanes of at least 4 members (excludes halogenated alkanes) is 42. The number of hydrogen-bond donors (Lipinski definition) is 3. The van der Waals surface area contributed by atoms with Crippen molar-refractivity contribution in [3.05, 3.63) is 0 Å². The first kappa shape index (κ1) is 90.1. The van der Waals surface area contributed by atoms with E-state index in [0.717, 1.165) is 102 Å². The fraction of sp³-hybridized carbons (Fsp3) is 0.945. The second-order valence-electron chi connectivity index (χ2n) is 27.3. The Bertz CT molecular complexity index is 1790. The molecule has 0 amide bonds. The number of ether oxygens (including phenoxy) is 4. The van der Waals surface area contributed by atoms with Crippen molar-refractivity contribution in [3.8, 4) is 0 Å². The van der Waals surface area contributed by atoms with Gasteiger partial charge in [-0.1, -0.05) is 324 Å². The van der Waals surface area contributed by atoms with Crippen molar-refractivity contribution in [1.29, 1.82) is 0 Å². The van der Waals surface area contributed by atoms with E-state index in [2.05, 4.69) is 41.5 Å². The fourth-order valence-electron chi connectivity index (χ4n) is 11.1. The summed E-state index contributed by atoms with van der Waals surface area (Å²) >= 11 is 0. The number of aliphatic hydroxyl groups excluding tert-OH is 1. The zero-order chi connectivity index (χ0) is 67.9. The number of aliphatic hydroxyl groups is 1. The van der Waals surface area contributed by atoms with E-state index in [1.54, 1.807) is 0 Å². The highest BCUT2D eigenvalue weighted by molar-refractivity contribution is 7.47. The van der Waals surface area contributed by atoms with Crippen molar-refractivity contribution in [2.24, 2.45) is 11.8 Å². The quantitative estimate of drug-likeness (QED) is 0.0222. The summed E-state index contributed by atoms with van der Waals surface area (Å²) in [5, 5.41) is 10.6. The van der Waals surface area contributed by atoms with Crippen molar-refractivity contribution >= 4 is 39.5 Å². The van der Waals surface area contributed by atoms with Gasteiger partial charge in [0.1, 0.15) is 19.3 Å². The Hall–Kier alpha value is -1.94. The van der Waals surface area contributed by atoms with E-state index in [4.69, 9.17) is 37.0 Å². The van der Waals surface area contributed by atoms with E-state index in [1.165, 1.54) is 186 Å². The van der Waals surface area contributed by atoms with Crippen LogP contribution >= 0.6 is 15.6 Å². The highest BCUT2D eigenvalue weighted by Gasteiger charge is 2.30. The van der Waals surface area contributed by atoms with Crippen molar-refractivity contribution in [2.75, 3.05) is 39.6 Å². The molecule has 0 aromatic carbocycles. The predicted molar refractivity (Wildman–Crippen MR) is 372 cm³/mol. The molecular formula is C73H142O17P2. The Morgan fingerprint density at radius 1 is 0.293 bits per heavy atom. The molecule has 5 atom stereocenters. The molecule has 0 radical (unpaired) electrons. The second kappa shape index (κ2) is 65.0. The minimum atomic E-state index is -4.95. The molecule has 0 rings (SSSR count). The zero-order valence-electron chi connectivity index (χ0n) is 59.9. The lowest BCUT2D eigenvalue weighted by atomic mass is 10.0. The summed E-state index contributed by atoms with van der Waals surface area (Å²) in [4.78, 5) is 72.6. The van der Waals surface area contributed by atoms with Gasteiger partial charge in [-0.05, 0) is 37.5 Å². The van der Waals surface area contributed by atoms with Gasteiger partial charge in [0.2, 0.25) is 0 Å². The van der Waals surface area contributed by atoms with Crippen LogP contribution < -0.4 is 0 Å². The summed E-state index contributed by atoms with van der Waals surface area (Å²) in [5.41, 5.74) is 0. The maximum Gasteiger partial charge on any atom is 0.472 e. The normalized spacial score (nSPS) is 14.1. The third kappa shape index (κ3) is 66.7. The van der Waals surface area contributed by atoms with Gasteiger partial charge in [0.05, 0.1) is 26.4 Å². The van der Waals surface area contributed by atoms with Crippen LogP contribution in [0.15, 0.2) is 0 Å². The lowest BCUT2D eigenvalue weighted by molar-refractivity contribution is -0.161. The summed E-state index contributed by atoms with van der Waals surface area (Å²) in [6.07, 6.45) is 51.5. The fourth-order valence-corrected chi connectivity index (χ4v) is 12.7. The number of phosphoric ester groups is 2. The molecule has 0 bridgehead atoms. The molecule has 2 unspecified atom stereocenters. The van der Waals surface area contributed by atoms with E-state index in [1.807, 2.05) is 0 Å². The molecule has 0 spiro atoms. The summed E-state index contributed by atoms with van der Waals surface area (Å²) < 4.78 is 68.4. The molecule has 0 saturated carbocycles. The molecule has 0 aliphatic rings. The van der Waals surface area contributed by atoms with Crippen LogP contribution in [0.25, 0.3) is 0 Å². The number of rotatable bonds is 72. The minimum absolute atomic E-state index is 0.106. The molecule has 92 heavy (non-hydrogen) atoms. The molecule has 0 aromatic rings. The summed E-state index contributed by atoms with van der Waals surface area (Å²) in [5.74, 6) is -0.698. The van der Waals surface area contributed by atoms with Gasteiger partial charge >= 0.3 is 39.5 Å². The van der Waals surface area contributed by atoms with Gasteiger partial charge in [-0.25, -0.2) is 9.13 Å². The number of phosphoric acid groups is 2. The predicted octanol–water partition coefficient (Wildman–Crippen LogP) is 21.2. The molecule has 19 heteroatoms. The average Bonchev–Trinajstić information content (AvgIpc) is 1.74. The maximum absolute atomic E-state index is 13.0. The van der Waals surface area contributed by atoms with Gasteiger partial charge in [-0.2, -0.15) is 0 Å². The molecule has 0 aromatic heterocycles.